The molecule has 3 aromatic rings. The molecule has 1 heterocycles. The van der Waals surface area contributed by atoms with Crippen LogP contribution in [0.1, 0.15) is 79.8 Å². The van der Waals surface area contributed by atoms with Gasteiger partial charge in [0.05, 0.1) is 17.7 Å². The third-order valence-electron chi connectivity index (χ3n) is 6.98. The van der Waals surface area contributed by atoms with E-state index in [4.69, 9.17) is 10.00 Å². The van der Waals surface area contributed by atoms with Gasteiger partial charge in [-0.05, 0) is 97.5 Å². The van der Waals surface area contributed by atoms with Crippen molar-refractivity contribution >= 4 is 16.9 Å². The lowest BCUT2D eigenvalue weighted by Gasteiger charge is -2.36. The molecule has 33 heavy (non-hydrogen) atoms. The molecule has 1 fully saturated rings. The van der Waals surface area contributed by atoms with Gasteiger partial charge in [0.2, 0.25) is 0 Å². The zero-order valence-electron chi connectivity index (χ0n) is 19.8. The van der Waals surface area contributed by atoms with E-state index in [1.54, 1.807) is 0 Å². The van der Waals surface area contributed by atoms with Gasteiger partial charge in [0.1, 0.15) is 5.60 Å². The average molecular weight is 439 g/mol. The average Bonchev–Trinajstić information content (AvgIpc) is 3.58. The summed E-state index contributed by atoms with van der Waals surface area (Å²) in [5, 5.41) is 11.4. The predicted octanol–water partition coefficient (Wildman–Crippen LogP) is 6.84. The monoisotopic (exact) mass is 438 g/mol. The number of nitriles is 1. The Labute approximate surface area is 195 Å². The maximum atomic E-state index is 12.7. The largest absolute Gasteiger partial charge is 0.444 e. The standard InChI is InChI=1S/C29H30N2O2/c1-18-25-15-24(9-7-20(25)11-12-31(18)28(32)33-29(2,3)4)27-16-26(27)23-10-8-21-13-19(17-30)5-6-22(21)14-23/h5-10,13-15,18,26-27H,11-12,16H2,1-4H3. The highest BCUT2D eigenvalue weighted by atomic mass is 16.6. The number of carbonyl (C=O) groups is 1. The Morgan fingerprint density at radius 3 is 2.39 bits per heavy atom. The Morgan fingerprint density at radius 1 is 1.00 bits per heavy atom. The number of carbonyl (C=O) groups excluding carboxylic acids is 1. The maximum Gasteiger partial charge on any atom is 0.410 e. The fourth-order valence-corrected chi connectivity index (χ4v) is 5.13. The van der Waals surface area contributed by atoms with E-state index in [2.05, 4.69) is 49.4 Å². The first-order valence-electron chi connectivity index (χ1n) is 11.8. The zero-order valence-corrected chi connectivity index (χ0v) is 19.8. The Hall–Kier alpha value is -3.32. The Balaban J connectivity index is 1.36. The summed E-state index contributed by atoms with van der Waals surface area (Å²) < 4.78 is 5.65. The van der Waals surface area contributed by atoms with Crippen molar-refractivity contribution in [3.63, 3.8) is 0 Å². The van der Waals surface area contributed by atoms with Gasteiger partial charge in [0.15, 0.2) is 0 Å². The Bertz CT molecular complexity index is 1280. The van der Waals surface area contributed by atoms with E-state index in [-0.39, 0.29) is 12.1 Å². The topological polar surface area (TPSA) is 53.3 Å². The van der Waals surface area contributed by atoms with Gasteiger partial charge >= 0.3 is 6.09 Å². The third-order valence-corrected chi connectivity index (χ3v) is 6.98. The molecule has 0 aromatic heterocycles. The van der Waals surface area contributed by atoms with Crippen molar-refractivity contribution in [2.45, 2.75) is 64.0 Å². The van der Waals surface area contributed by atoms with E-state index >= 15 is 0 Å². The highest BCUT2D eigenvalue weighted by Crippen LogP contribution is 2.55. The SMILES string of the molecule is CC1c2cc(C3CC3c3ccc4cc(C#N)ccc4c3)ccc2CCN1C(=O)OC(C)(C)C. The quantitative estimate of drug-likeness (QED) is 0.440. The fourth-order valence-electron chi connectivity index (χ4n) is 5.13. The van der Waals surface area contributed by atoms with Crippen LogP contribution < -0.4 is 0 Å². The number of amides is 1. The molecule has 3 atom stereocenters. The van der Waals surface area contributed by atoms with Crippen LogP contribution in [-0.2, 0) is 11.2 Å². The molecule has 1 amide bonds. The van der Waals surface area contributed by atoms with E-state index in [1.807, 2.05) is 43.9 Å². The van der Waals surface area contributed by atoms with Crippen LogP contribution in [0.5, 0.6) is 0 Å². The summed E-state index contributed by atoms with van der Waals surface area (Å²) in [4.78, 5) is 14.6. The molecule has 4 nitrogen and oxygen atoms in total. The second-order valence-electron chi connectivity index (χ2n) is 10.4. The van der Waals surface area contributed by atoms with Crippen LogP contribution in [0.25, 0.3) is 10.8 Å². The van der Waals surface area contributed by atoms with Gasteiger partial charge in [-0.2, -0.15) is 5.26 Å². The molecule has 0 radical (unpaired) electrons. The summed E-state index contributed by atoms with van der Waals surface area (Å²) in [6.45, 7) is 8.53. The van der Waals surface area contributed by atoms with Crippen molar-refractivity contribution in [3.8, 4) is 6.07 Å². The summed E-state index contributed by atoms with van der Waals surface area (Å²) in [5.74, 6) is 1.03. The van der Waals surface area contributed by atoms with Gasteiger partial charge in [-0.1, -0.05) is 42.5 Å². The highest BCUT2D eigenvalue weighted by molar-refractivity contribution is 5.84. The minimum atomic E-state index is -0.490. The van der Waals surface area contributed by atoms with Gasteiger partial charge in [-0.3, -0.25) is 0 Å². The minimum Gasteiger partial charge on any atom is -0.444 e. The normalized spacial score (nSPS) is 21.9. The van der Waals surface area contributed by atoms with Gasteiger partial charge in [0.25, 0.3) is 0 Å². The summed E-state index contributed by atoms with van der Waals surface area (Å²) in [6, 6.07) is 21.6. The van der Waals surface area contributed by atoms with Crippen LogP contribution in [0.15, 0.2) is 54.6 Å². The van der Waals surface area contributed by atoms with Gasteiger partial charge in [-0.15, -0.1) is 0 Å². The zero-order chi connectivity index (χ0) is 23.3. The summed E-state index contributed by atoms with van der Waals surface area (Å²) in [6.07, 6.45) is 1.78. The molecule has 1 saturated carbocycles. The summed E-state index contributed by atoms with van der Waals surface area (Å²) >= 11 is 0. The lowest BCUT2D eigenvalue weighted by molar-refractivity contribution is 0.0159. The number of hydrogen-bond donors (Lipinski definition) is 0. The van der Waals surface area contributed by atoms with Crippen LogP contribution in [0.4, 0.5) is 4.79 Å². The molecule has 1 aliphatic carbocycles. The van der Waals surface area contributed by atoms with Crippen LogP contribution in [0.2, 0.25) is 0 Å². The molecule has 0 N–H and O–H groups in total. The molecule has 1 aliphatic heterocycles. The third kappa shape index (κ3) is 4.20. The molecule has 0 saturated heterocycles. The molecular formula is C29H30N2O2. The number of nitrogens with zero attached hydrogens (tertiary/aromatic N) is 2. The smallest absolute Gasteiger partial charge is 0.410 e. The summed E-state index contributed by atoms with van der Waals surface area (Å²) in [7, 11) is 0. The first kappa shape index (κ1) is 21.5. The van der Waals surface area contributed by atoms with Crippen molar-refractivity contribution in [2.75, 3.05) is 6.54 Å². The number of ether oxygens (including phenoxy) is 1. The van der Waals surface area contributed by atoms with E-state index in [1.165, 1.54) is 27.6 Å². The van der Waals surface area contributed by atoms with Crippen molar-refractivity contribution in [1.29, 1.82) is 5.26 Å². The van der Waals surface area contributed by atoms with Crippen molar-refractivity contribution in [1.82, 2.24) is 4.90 Å². The molecule has 5 rings (SSSR count). The minimum absolute atomic E-state index is 0.00995. The lowest BCUT2D eigenvalue weighted by atomic mass is 9.90. The van der Waals surface area contributed by atoms with Crippen LogP contribution in [0, 0.1) is 11.3 Å². The Morgan fingerprint density at radius 2 is 1.67 bits per heavy atom. The van der Waals surface area contributed by atoms with Crippen molar-refractivity contribution < 1.29 is 9.53 Å². The van der Waals surface area contributed by atoms with Crippen molar-refractivity contribution in [2.24, 2.45) is 0 Å². The van der Waals surface area contributed by atoms with Crippen molar-refractivity contribution in [3.05, 3.63) is 82.4 Å². The molecular weight excluding hydrogens is 408 g/mol. The van der Waals surface area contributed by atoms with Gasteiger partial charge < -0.3 is 9.64 Å². The summed E-state index contributed by atoms with van der Waals surface area (Å²) in [5.41, 5.74) is 5.51. The molecule has 0 spiro atoms. The van der Waals surface area contributed by atoms with E-state index in [0.29, 0.717) is 23.9 Å². The maximum absolute atomic E-state index is 12.7. The molecule has 3 aromatic carbocycles. The van der Waals surface area contributed by atoms with Crippen LogP contribution in [0.3, 0.4) is 0 Å². The van der Waals surface area contributed by atoms with Gasteiger partial charge in [-0.25, -0.2) is 4.79 Å². The molecule has 168 valence electrons. The molecule has 2 aliphatic rings. The first-order valence-corrected chi connectivity index (χ1v) is 11.8. The van der Waals surface area contributed by atoms with Gasteiger partial charge in [0, 0.05) is 6.54 Å². The predicted molar refractivity (Wildman–Crippen MR) is 130 cm³/mol. The van der Waals surface area contributed by atoms with E-state index < -0.39 is 5.60 Å². The highest BCUT2D eigenvalue weighted by Gasteiger charge is 2.40. The lowest BCUT2D eigenvalue weighted by Crippen LogP contribution is -2.42. The number of fused-ring (bicyclic) bond motifs is 2. The number of benzene rings is 3. The number of rotatable bonds is 2. The molecule has 4 heteroatoms. The number of hydrogen-bond acceptors (Lipinski definition) is 3. The Kier molecular flexibility index (Phi) is 5.16. The molecule has 3 unspecified atom stereocenters. The first-order chi connectivity index (χ1) is 15.7. The van der Waals surface area contributed by atoms with Crippen LogP contribution >= 0.6 is 0 Å². The van der Waals surface area contributed by atoms with Crippen LogP contribution in [-0.4, -0.2) is 23.1 Å². The second-order valence-corrected chi connectivity index (χ2v) is 10.4. The van der Waals surface area contributed by atoms with E-state index in [0.717, 1.165) is 18.2 Å². The van der Waals surface area contributed by atoms with E-state index in [9.17, 15) is 4.79 Å². The fraction of sp³-hybridized carbons (Fsp3) is 0.379. The molecule has 0 bridgehead atoms. The second kappa shape index (κ2) is 7.92.